The Bertz CT molecular complexity index is 1220. The number of aromatic nitrogens is 1. The molecule has 1 aliphatic heterocycles. The number of aliphatic carboxylic acids is 1. The molecule has 8 heteroatoms. The monoisotopic (exact) mass is 496 g/mol. The van der Waals surface area contributed by atoms with Gasteiger partial charge >= 0.3 is 5.97 Å². The summed E-state index contributed by atoms with van der Waals surface area (Å²) >= 11 is 1.59. The van der Waals surface area contributed by atoms with E-state index in [-0.39, 0.29) is 19.4 Å². The van der Waals surface area contributed by atoms with Gasteiger partial charge in [0.25, 0.3) is 0 Å². The molecule has 1 aliphatic rings. The Balaban J connectivity index is 1.46. The number of piperidine rings is 1. The Hall–Kier alpha value is -2.99. The Kier molecular flexibility index (Phi) is 8.01. The second kappa shape index (κ2) is 11.2. The third kappa shape index (κ3) is 5.64. The van der Waals surface area contributed by atoms with Crippen molar-refractivity contribution in [3.63, 3.8) is 0 Å². The molecule has 0 amide bonds. The minimum Gasteiger partial charge on any atom is -0.497 e. The molecule has 0 radical (unpaired) electrons. The van der Waals surface area contributed by atoms with Gasteiger partial charge in [-0.1, -0.05) is 17.9 Å². The topological polar surface area (TPSA) is 82.9 Å². The van der Waals surface area contributed by atoms with Crippen LogP contribution in [0.3, 0.4) is 0 Å². The van der Waals surface area contributed by atoms with Gasteiger partial charge in [-0.2, -0.15) is 0 Å². The number of carboxylic acid groups (broad SMARTS) is 1. The number of hydrogen-bond donors (Lipinski definition) is 2. The first-order valence-corrected chi connectivity index (χ1v) is 12.5. The lowest BCUT2D eigenvalue weighted by Gasteiger charge is -2.38. The summed E-state index contributed by atoms with van der Waals surface area (Å²) in [6, 6.07) is 9.15. The van der Waals surface area contributed by atoms with E-state index in [1.807, 2.05) is 17.5 Å². The van der Waals surface area contributed by atoms with Gasteiger partial charge in [-0.25, -0.2) is 4.39 Å². The van der Waals surface area contributed by atoms with Gasteiger partial charge in [0, 0.05) is 35.8 Å². The average molecular weight is 497 g/mol. The molecule has 3 heterocycles. The van der Waals surface area contributed by atoms with Crippen molar-refractivity contribution in [1.82, 2.24) is 9.88 Å². The lowest BCUT2D eigenvalue weighted by molar-refractivity contribution is -0.152. The summed E-state index contributed by atoms with van der Waals surface area (Å²) in [5, 5.41) is 22.4. The maximum absolute atomic E-state index is 15.7. The molecule has 2 N–H and O–H groups in total. The van der Waals surface area contributed by atoms with Crippen LogP contribution in [0.15, 0.2) is 41.9 Å². The Labute approximate surface area is 208 Å². The third-order valence-corrected chi connectivity index (χ3v) is 7.65. The average Bonchev–Trinajstić information content (AvgIpc) is 3.40. The van der Waals surface area contributed by atoms with Crippen molar-refractivity contribution in [2.45, 2.75) is 38.5 Å². The zero-order valence-corrected chi connectivity index (χ0v) is 20.5. The number of rotatable bonds is 8. The first-order chi connectivity index (χ1) is 17.0. The SMILES string of the molecule is COc1ccc2ncc(CO)c([C@@H](F)CCC3(C(=O)O)CCN(CC#Cc4cccs4)CC3)c2c1. The fourth-order valence-corrected chi connectivity index (χ4v) is 5.29. The molecule has 2 aromatic heterocycles. The number of carbonyl (C=O) groups is 1. The molecule has 0 unspecified atom stereocenters. The van der Waals surface area contributed by atoms with Crippen LogP contribution in [0.4, 0.5) is 4.39 Å². The molecule has 3 aromatic rings. The highest BCUT2D eigenvalue weighted by atomic mass is 32.1. The number of methoxy groups -OCH3 is 1. The van der Waals surface area contributed by atoms with Crippen molar-refractivity contribution in [2.24, 2.45) is 5.41 Å². The molecule has 0 bridgehead atoms. The van der Waals surface area contributed by atoms with Crippen molar-refractivity contribution in [3.05, 3.63) is 57.9 Å². The van der Waals surface area contributed by atoms with Crippen LogP contribution in [0.5, 0.6) is 5.75 Å². The zero-order chi connectivity index (χ0) is 24.8. The molecule has 184 valence electrons. The minimum absolute atomic E-state index is 0.0494. The number of nitrogens with zero attached hydrogens (tertiary/aromatic N) is 2. The highest BCUT2D eigenvalue weighted by molar-refractivity contribution is 7.10. The number of carboxylic acids is 1. The molecule has 0 aliphatic carbocycles. The van der Waals surface area contributed by atoms with Gasteiger partial charge in [-0.3, -0.25) is 14.7 Å². The molecule has 1 fully saturated rings. The molecular weight excluding hydrogens is 467 g/mol. The molecule has 4 rings (SSSR count). The van der Waals surface area contributed by atoms with E-state index in [0.717, 1.165) is 4.88 Å². The van der Waals surface area contributed by atoms with Crippen LogP contribution in [0.25, 0.3) is 10.9 Å². The molecule has 6 nitrogen and oxygen atoms in total. The van der Waals surface area contributed by atoms with Gasteiger partial charge in [0.15, 0.2) is 0 Å². The first-order valence-electron chi connectivity index (χ1n) is 11.6. The normalized spacial score (nSPS) is 16.4. The van der Waals surface area contributed by atoms with E-state index in [0.29, 0.717) is 60.3 Å². The van der Waals surface area contributed by atoms with Gasteiger partial charge < -0.3 is 14.9 Å². The van der Waals surface area contributed by atoms with Crippen molar-refractivity contribution in [3.8, 4) is 17.6 Å². The molecule has 1 saturated heterocycles. The number of ether oxygens (including phenoxy) is 1. The van der Waals surface area contributed by atoms with Crippen LogP contribution in [-0.2, 0) is 11.4 Å². The predicted octanol–water partition coefficient (Wildman–Crippen LogP) is 4.81. The predicted molar refractivity (Wildman–Crippen MR) is 134 cm³/mol. The van der Waals surface area contributed by atoms with E-state index >= 15 is 4.39 Å². The fraction of sp³-hybridized carbons (Fsp3) is 0.407. The number of fused-ring (bicyclic) bond motifs is 1. The van der Waals surface area contributed by atoms with Crippen LogP contribution in [0, 0.1) is 17.3 Å². The van der Waals surface area contributed by atoms with Gasteiger partial charge in [-0.15, -0.1) is 11.3 Å². The van der Waals surface area contributed by atoms with Crippen molar-refractivity contribution in [2.75, 3.05) is 26.7 Å². The third-order valence-electron chi connectivity index (χ3n) is 6.86. The second-order valence-electron chi connectivity index (χ2n) is 8.89. The van der Waals surface area contributed by atoms with Crippen molar-refractivity contribution in [1.29, 1.82) is 0 Å². The summed E-state index contributed by atoms with van der Waals surface area (Å²) < 4.78 is 21.0. The number of likely N-dealkylation sites (tertiary alicyclic amines) is 1. The number of alkyl halides is 1. The van der Waals surface area contributed by atoms with E-state index in [1.165, 1.54) is 13.3 Å². The summed E-state index contributed by atoms with van der Waals surface area (Å²) in [6.07, 6.45) is 1.23. The number of benzene rings is 1. The van der Waals surface area contributed by atoms with Gasteiger partial charge in [0.05, 0.1) is 36.1 Å². The number of hydrogen-bond acceptors (Lipinski definition) is 6. The van der Waals surface area contributed by atoms with Crippen LogP contribution in [0.2, 0.25) is 0 Å². The largest absolute Gasteiger partial charge is 0.497 e. The zero-order valence-electron chi connectivity index (χ0n) is 19.7. The summed E-state index contributed by atoms with van der Waals surface area (Å²) in [7, 11) is 1.54. The molecule has 1 aromatic carbocycles. The fourth-order valence-electron chi connectivity index (χ4n) is 4.70. The van der Waals surface area contributed by atoms with Crippen LogP contribution < -0.4 is 4.74 Å². The quantitative estimate of drug-likeness (QED) is 0.436. The Morgan fingerprint density at radius 1 is 1.34 bits per heavy atom. The van der Waals surface area contributed by atoms with E-state index in [4.69, 9.17) is 4.74 Å². The molecule has 0 spiro atoms. The highest BCUT2D eigenvalue weighted by Crippen LogP contribution is 2.41. The van der Waals surface area contributed by atoms with E-state index in [9.17, 15) is 15.0 Å². The number of halogens is 1. The number of thiophene rings is 1. The maximum Gasteiger partial charge on any atom is 0.309 e. The smallest absolute Gasteiger partial charge is 0.309 e. The summed E-state index contributed by atoms with van der Waals surface area (Å²) in [4.78, 5) is 19.8. The number of aliphatic hydroxyl groups excluding tert-OH is 1. The summed E-state index contributed by atoms with van der Waals surface area (Å²) in [5.41, 5.74) is 0.396. The first kappa shape index (κ1) is 25.1. The van der Waals surface area contributed by atoms with E-state index in [1.54, 1.807) is 29.5 Å². The van der Waals surface area contributed by atoms with Crippen LogP contribution in [-0.4, -0.2) is 52.8 Å². The number of aliphatic hydroxyl groups is 1. The highest BCUT2D eigenvalue weighted by Gasteiger charge is 2.41. The maximum atomic E-state index is 15.7. The van der Waals surface area contributed by atoms with Gasteiger partial charge in [0.2, 0.25) is 0 Å². The van der Waals surface area contributed by atoms with Crippen molar-refractivity contribution >= 4 is 28.2 Å². The Morgan fingerprint density at radius 3 is 2.80 bits per heavy atom. The van der Waals surface area contributed by atoms with Crippen LogP contribution >= 0.6 is 11.3 Å². The standard InChI is InChI=1S/C27H29FN2O4S/c1-34-20-6-7-24-22(16-20)25(19(18-31)17-29-24)23(28)8-9-27(26(32)33)10-13-30(14-11-27)12-2-4-21-5-3-15-35-21/h3,5-7,15-17,23,31H,8-14,18H2,1H3,(H,32,33)/t23-/m0/s1. The molecule has 0 saturated carbocycles. The lowest BCUT2D eigenvalue weighted by atomic mass is 9.74. The minimum atomic E-state index is -1.43. The van der Waals surface area contributed by atoms with Crippen LogP contribution in [0.1, 0.15) is 47.9 Å². The van der Waals surface area contributed by atoms with Crippen molar-refractivity contribution < 1.29 is 24.1 Å². The summed E-state index contributed by atoms with van der Waals surface area (Å²) in [5.74, 6) is 5.99. The molecular formula is C27H29FN2O4S. The molecule has 1 atom stereocenters. The molecule has 35 heavy (non-hydrogen) atoms. The van der Waals surface area contributed by atoms with E-state index in [2.05, 4.69) is 21.7 Å². The van der Waals surface area contributed by atoms with Gasteiger partial charge in [-0.05, 0) is 55.3 Å². The second-order valence-corrected chi connectivity index (χ2v) is 9.83. The van der Waals surface area contributed by atoms with E-state index < -0.39 is 17.6 Å². The summed E-state index contributed by atoms with van der Waals surface area (Å²) in [6.45, 7) is 1.46. The number of pyridine rings is 1. The lowest BCUT2D eigenvalue weighted by Crippen LogP contribution is -2.44. The Morgan fingerprint density at radius 2 is 2.14 bits per heavy atom. The van der Waals surface area contributed by atoms with Gasteiger partial charge in [0.1, 0.15) is 11.9 Å².